The largest absolute Gasteiger partial charge is 0.487 e. The molecule has 10 heteroatoms. The number of aryl methyl sites for hydroxylation is 2. The molecule has 0 spiro atoms. The van der Waals surface area contributed by atoms with Gasteiger partial charge in [0.05, 0.1) is 42.0 Å². The van der Waals surface area contributed by atoms with Crippen LogP contribution in [0.5, 0.6) is 11.6 Å². The minimum atomic E-state index is -1.07. The molecule has 176 valence electrons. The van der Waals surface area contributed by atoms with Crippen LogP contribution in [0.25, 0.3) is 11.4 Å². The van der Waals surface area contributed by atoms with Gasteiger partial charge in [0.2, 0.25) is 11.8 Å². The van der Waals surface area contributed by atoms with E-state index in [1.807, 2.05) is 14.0 Å². The van der Waals surface area contributed by atoms with Crippen LogP contribution in [0.3, 0.4) is 0 Å². The highest BCUT2D eigenvalue weighted by Gasteiger charge is 2.19. The summed E-state index contributed by atoms with van der Waals surface area (Å²) in [5.41, 5.74) is 2.50. The highest BCUT2D eigenvalue weighted by molar-refractivity contribution is 5.58. The molecule has 0 aromatic carbocycles. The fourth-order valence-corrected chi connectivity index (χ4v) is 3.79. The molecule has 3 aromatic rings. The van der Waals surface area contributed by atoms with E-state index in [1.54, 1.807) is 29.3 Å². The number of nitrogens with one attached hydrogen (secondary N) is 1. The third kappa shape index (κ3) is 5.94. The van der Waals surface area contributed by atoms with Gasteiger partial charge in [-0.1, -0.05) is 6.42 Å². The number of hydrogen-bond donors (Lipinski definition) is 1. The van der Waals surface area contributed by atoms with E-state index in [0.29, 0.717) is 24.2 Å². The lowest BCUT2D eigenvalue weighted by Crippen LogP contribution is -2.20. The van der Waals surface area contributed by atoms with Crippen LogP contribution < -0.4 is 14.8 Å². The number of halogens is 1. The molecule has 1 fully saturated rings. The van der Waals surface area contributed by atoms with Gasteiger partial charge >= 0.3 is 0 Å². The van der Waals surface area contributed by atoms with Gasteiger partial charge in [-0.3, -0.25) is 4.68 Å². The van der Waals surface area contributed by atoms with Crippen molar-refractivity contribution in [3.05, 3.63) is 36.0 Å². The van der Waals surface area contributed by atoms with Gasteiger partial charge in [-0.2, -0.15) is 10.1 Å². The molecule has 9 nitrogen and oxygen atoms in total. The quantitative estimate of drug-likeness (QED) is 0.516. The fourth-order valence-electron chi connectivity index (χ4n) is 3.79. The van der Waals surface area contributed by atoms with Crippen LogP contribution in [-0.2, 0) is 13.6 Å². The molecular formula is C23H30FN7O2. The Balaban J connectivity index is 1.45. The smallest absolute Gasteiger partial charge is 0.226 e. The van der Waals surface area contributed by atoms with Gasteiger partial charge in [-0.15, -0.1) is 0 Å². The monoisotopic (exact) mass is 455 g/mol. The first kappa shape index (κ1) is 22.9. The second-order valence-corrected chi connectivity index (χ2v) is 8.31. The van der Waals surface area contributed by atoms with E-state index in [9.17, 15) is 4.39 Å². The molecule has 0 bridgehead atoms. The zero-order chi connectivity index (χ0) is 23.2. The Morgan fingerprint density at radius 3 is 2.76 bits per heavy atom. The topological polar surface area (TPSA) is 99.9 Å². The molecule has 1 atom stereocenters. The summed E-state index contributed by atoms with van der Waals surface area (Å²) in [6.07, 6.45) is 10.1. The van der Waals surface area contributed by atoms with Crippen LogP contribution >= 0.6 is 0 Å². The van der Waals surface area contributed by atoms with Crippen LogP contribution in [-0.4, -0.2) is 48.6 Å². The van der Waals surface area contributed by atoms with Gasteiger partial charge in [0.1, 0.15) is 12.8 Å². The lowest BCUT2D eigenvalue weighted by Gasteiger charge is -2.23. The third-order valence-corrected chi connectivity index (χ3v) is 5.59. The Bertz CT molecular complexity index is 1070. The Morgan fingerprint density at radius 2 is 2.00 bits per heavy atom. The molecule has 1 aliphatic rings. The zero-order valence-corrected chi connectivity index (χ0v) is 19.3. The predicted octanol–water partition coefficient (Wildman–Crippen LogP) is 4.04. The summed E-state index contributed by atoms with van der Waals surface area (Å²) in [5, 5.41) is 7.54. The Labute approximate surface area is 192 Å². The maximum atomic E-state index is 13.0. The summed E-state index contributed by atoms with van der Waals surface area (Å²) >= 11 is 0. The first-order chi connectivity index (χ1) is 16.0. The third-order valence-electron chi connectivity index (χ3n) is 5.59. The predicted molar refractivity (Wildman–Crippen MR) is 122 cm³/mol. The van der Waals surface area contributed by atoms with Crippen LogP contribution in [0.4, 0.5) is 10.3 Å². The van der Waals surface area contributed by atoms with Gasteiger partial charge < -0.3 is 14.8 Å². The maximum absolute atomic E-state index is 13.0. The molecule has 3 heterocycles. The van der Waals surface area contributed by atoms with Crippen molar-refractivity contribution >= 4 is 5.95 Å². The van der Waals surface area contributed by atoms with Crippen molar-refractivity contribution < 1.29 is 13.9 Å². The average molecular weight is 456 g/mol. The molecule has 1 saturated carbocycles. The van der Waals surface area contributed by atoms with Crippen LogP contribution in [0.15, 0.2) is 24.7 Å². The lowest BCUT2D eigenvalue weighted by molar-refractivity contribution is 0.152. The Hall–Kier alpha value is -3.30. The first-order valence-corrected chi connectivity index (χ1v) is 11.3. The standard InChI is InChI=1S/C23H30FN7O2/c1-15(24)14-32-21-9-10-25-23(30-21)27-12-19-18(11-28-31(19)3)22-26-13-20(16(2)29-22)33-17-7-5-4-6-8-17/h9-11,13,15,17H,4-8,12,14H2,1-3H3,(H,25,27,30). The van der Waals surface area contributed by atoms with Crippen molar-refractivity contribution in [1.29, 1.82) is 0 Å². The number of aromatic nitrogens is 6. The van der Waals surface area contributed by atoms with Crippen molar-refractivity contribution in [3.63, 3.8) is 0 Å². The van der Waals surface area contributed by atoms with Crippen molar-refractivity contribution in [3.8, 4) is 23.0 Å². The number of ether oxygens (including phenoxy) is 2. The molecule has 3 aromatic heterocycles. The van der Waals surface area contributed by atoms with Gasteiger partial charge in [0, 0.05) is 19.3 Å². The molecule has 0 saturated heterocycles. The molecule has 0 amide bonds. The van der Waals surface area contributed by atoms with Gasteiger partial charge in [0.25, 0.3) is 0 Å². The average Bonchev–Trinajstić information content (AvgIpc) is 3.19. The van der Waals surface area contributed by atoms with E-state index in [-0.39, 0.29) is 12.7 Å². The van der Waals surface area contributed by atoms with Crippen LogP contribution in [0.2, 0.25) is 0 Å². The minimum Gasteiger partial charge on any atom is -0.487 e. The number of alkyl halides is 1. The number of rotatable bonds is 9. The highest BCUT2D eigenvalue weighted by atomic mass is 19.1. The van der Waals surface area contributed by atoms with E-state index in [1.165, 1.54) is 26.2 Å². The minimum absolute atomic E-state index is 0.0561. The first-order valence-electron chi connectivity index (χ1n) is 11.3. The molecule has 33 heavy (non-hydrogen) atoms. The zero-order valence-electron chi connectivity index (χ0n) is 19.3. The second kappa shape index (κ2) is 10.5. The molecule has 4 rings (SSSR count). The summed E-state index contributed by atoms with van der Waals surface area (Å²) in [5.74, 6) is 2.01. The second-order valence-electron chi connectivity index (χ2n) is 8.31. The maximum Gasteiger partial charge on any atom is 0.226 e. The van der Waals surface area contributed by atoms with Crippen LogP contribution in [0, 0.1) is 6.92 Å². The Morgan fingerprint density at radius 1 is 1.18 bits per heavy atom. The summed E-state index contributed by atoms with van der Waals surface area (Å²) in [6, 6.07) is 1.59. The summed E-state index contributed by atoms with van der Waals surface area (Å²) in [4.78, 5) is 17.7. The van der Waals surface area contributed by atoms with Crippen molar-refractivity contribution in [1.82, 2.24) is 29.7 Å². The van der Waals surface area contributed by atoms with Crippen molar-refractivity contribution in [2.24, 2.45) is 7.05 Å². The van der Waals surface area contributed by atoms with E-state index >= 15 is 0 Å². The fraction of sp³-hybridized carbons (Fsp3) is 0.522. The molecule has 1 aliphatic carbocycles. The summed E-state index contributed by atoms with van der Waals surface area (Å²) in [6.45, 7) is 3.72. The van der Waals surface area contributed by atoms with Gasteiger partial charge in [0.15, 0.2) is 11.6 Å². The summed E-state index contributed by atoms with van der Waals surface area (Å²) < 4.78 is 26.3. The van der Waals surface area contributed by atoms with E-state index < -0.39 is 6.17 Å². The number of nitrogens with zero attached hydrogens (tertiary/aromatic N) is 6. The molecule has 1 unspecified atom stereocenters. The highest BCUT2D eigenvalue weighted by Crippen LogP contribution is 2.27. The van der Waals surface area contributed by atoms with Crippen molar-refractivity contribution in [2.75, 3.05) is 11.9 Å². The molecule has 0 radical (unpaired) electrons. The number of anilines is 1. The number of hydrogen-bond acceptors (Lipinski definition) is 8. The van der Waals surface area contributed by atoms with Gasteiger partial charge in [-0.05, 0) is 39.5 Å². The summed E-state index contributed by atoms with van der Waals surface area (Å²) in [7, 11) is 1.86. The molecule has 0 aliphatic heterocycles. The van der Waals surface area contributed by atoms with E-state index in [4.69, 9.17) is 9.47 Å². The van der Waals surface area contributed by atoms with E-state index in [2.05, 4.69) is 30.4 Å². The van der Waals surface area contributed by atoms with E-state index in [0.717, 1.165) is 35.5 Å². The molecular weight excluding hydrogens is 425 g/mol. The lowest BCUT2D eigenvalue weighted by atomic mass is 9.98. The normalized spacial score (nSPS) is 15.3. The Kier molecular flexibility index (Phi) is 7.31. The van der Waals surface area contributed by atoms with Crippen LogP contribution in [0.1, 0.15) is 50.4 Å². The molecule has 1 N–H and O–H groups in total. The SMILES string of the molecule is Cc1nc(-c2cnn(C)c2CNc2nccc(OCC(C)F)n2)ncc1OC1CCCCC1. The van der Waals surface area contributed by atoms with Crippen molar-refractivity contribution in [2.45, 2.75) is 64.8 Å². The van der Waals surface area contributed by atoms with Gasteiger partial charge in [-0.25, -0.2) is 19.3 Å².